The smallest absolute Gasteiger partial charge is 0.264 e. The van der Waals surface area contributed by atoms with Crippen LogP contribution in [0.4, 0.5) is 0 Å². The standard InChI is InChI=1S/C14H17N3O3S/c1-8-9-11(18)15-7-16-12(9)21-10(8)13(19)17-5-3-4-14(2,20)6-17/h7,20H,3-6H2,1-2H3,(H,15,16,18). The molecule has 1 aliphatic rings. The zero-order chi connectivity index (χ0) is 15.2. The highest BCUT2D eigenvalue weighted by Gasteiger charge is 2.32. The van der Waals surface area contributed by atoms with E-state index in [1.54, 1.807) is 18.7 Å². The molecule has 6 nitrogen and oxygen atoms in total. The van der Waals surface area contributed by atoms with Crippen LogP contribution in [0.2, 0.25) is 0 Å². The highest BCUT2D eigenvalue weighted by atomic mass is 32.1. The van der Waals surface area contributed by atoms with Gasteiger partial charge in [0.15, 0.2) is 0 Å². The Morgan fingerprint density at radius 2 is 2.33 bits per heavy atom. The molecule has 2 aromatic rings. The maximum atomic E-state index is 12.7. The van der Waals surface area contributed by atoms with Gasteiger partial charge in [0.2, 0.25) is 0 Å². The Morgan fingerprint density at radius 3 is 3.00 bits per heavy atom. The summed E-state index contributed by atoms with van der Waals surface area (Å²) in [7, 11) is 0. The van der Waals surface area contributed by atoms with Crippen LogP contribution in [0.3, 0.4) is 0 Å². The van der Waals surface area contributed by atoms with Gasteiger partial charge < -0.3 is 15.0 Å². The number of carbonyl (C=O) groups excluding carboxylic acids is 1. The van der Waals surface area contributed by atoms with Crippen molar-refractivity contribution in [1.82, 2.24) is 14.9 Å². The summed E-state index contributed by atoms with van der Waals surface area (Å²) in [5.41, 5.74) is -0.396. The lowest BCUT2D eigenvalue weighted by atomic mass is 9.95. The third kappa shape index (κ3) is 2.47. The minimum absolute atomic E-state index is 0.130. The monoisotopic (exact) mass is 307 g/mol. The molecule has 0 saturated carbocycles. The highest BCUT2D eigenvalue weighted by Crippen LogP contribution is 2.29. The normalized spacial score (nSPS) is 22.7. The summed E-state index contributed by atoms with van der Waals surface area (Å²) in [5, 5.41) is 10.6. The molecule has 3 rings (SSSR count). The number of β-amino-alcohol motifs (C(OH)–C–C–N with tert-alkyl or cyclic N) is 1. The number of aromatic amines is 1. The molecule has 0 bridgehead atoms. The molecule has 1 atom stereocenters. The molecular formula is C14H17N3O3S. The molecule has 21 heavy (non-hydrogen) atoms. The van der Waals surface area contributed by atoms with Crippen LogP contribution >= 0.6 is 11.3 Å². The average molecular weight is 307 g/mol. The van der Waals surface area contributed by atoms with E-state index in [2.05, 4.69) is 9.97 Å². The molecule has 0 aromatic carbocycles. The predicted molar refractivity (Wildman–Crippen MR) is 80.7 cm³/mol. The fourth-order valence-electron chi connectivity index (χ4n) is 2.82. The maximum absolute atomic E-state index is 12.7. The second kappa shape index (κ2) is 4.92. The molecule has 0 radical (unpaired) electrons. The summed E-state index contributed by atoms with van der Waals surface area (Å²) in [6, 6.07) is 0. The van der Waals surface area contributed by atoms with E-state index < -0.39 is 5.60 Å². The van der Waals surface area contributed by atoms with Crippen molar-refractivity contribution >= 4 is 27.5 Å². The van der Waals surface area contributed by atoms with Gasteiger partial charge in [0.05, 0.1) is 22.2 Å². The Hall–Kier alpha value is -1.73. The Balaban J connectivity index is 2.01. The lowest BCUT2D eigenvalue weighted by Crippen LogP contribution is -2.48. The number of aliphatic hydroxyl groups is 1. The van der Waals surface area contributed by atoms with Crippen LogP contribution in [-0.4, -0.2) is 44.6 Å². The molecule has 2 aromatic heterocycles. The molecule has 3 heterocycles. The van der Waals surface area contributed by atoms with Crippen molar-refractivity contribution in [2.45, 2.75) is 32.3 Å². The number of piperidine rings is 1. The van der Waals surface area contributed by atoms with Gasteiger partial charge in [-0.15, -0.1) is 11.3 Å². The quantitative estimate of drug-likeness (QED) is 0.831. The zero-order valence-electron chi connectivity index (χ0n) is 12.0. The van der Waals surface area contributed by atoms with Crippen LogP contribution in [0.5, 0.6) is 0 Å². The first-order chi connectivity index (χ1) is 9.89. The summed E-state index contributed by atoms with van der Waals surface area (Å²) < 4.78 is 0. The number of hydrogen-bond acceptors (Lipinski definition) is 5. The van der Waals surface area contributed by atoms with Crippen molar-refractivity contribution in [1.29, 1.82) is 0 Å². The Bertz CT molecular complexity index is 762. The first-order valence-electron chi connectivity index (χ1n) is 6.87. The Kier molecular flexibility index (Phi) is 3.33. The summed E-state index contributed by atoms with van der Waals surface area (Å²) in [5.74, 6) is -0.130. The maximum Gasteiger partial charge on any atom is 0.264 e. The SMILES string of the molecule is Cc1c(C(=O)N2CCCC(C)(O)C2)sc2nc[nH]c(=O)c12. The summed E-state index contributed by atoms with van der Waals surface area (Å²) in [6.45, 7) is 4.47. The van der Waals surface area contributed by atoms with E-state index in [0.29, 0.717) is 40.2 Å². The van der Waals surface area contributed by atoms with E-state index in [0.717, 1.165) is 6.42 Å². The third-order valence-electron chi connectivity index (χ3n) is 3.89. The molecule has 1 unspecified atom stereocenters. The van der Waals surface area contributed by atoms with Crippen LogP contribution in [0, 0.1) is 6.92 Å². The second-order valence-electron chi connectivity index (χ2n) is 5.80. The van der Waals surface area contributed by atoms with Gasteiger partial charge >= 0.3 is 0 Å². The van der Waals surface area contributed by atoms with E-state index in [4.69, 9.17) is 0 Å². The van der Waals surface area contributed by atoms with Crippen LogP contribution in [0.15, 0.2) is 11.1 Å². The first-order valence-corrected chi connectivity index (χ1v) is 7.69. The summed E-state index contributed by atoms with van der Waals surface area (Å²) in [4.78, 5) is 34.0. The molecule has 7 heteroatoms. The number of rotatable bonds is 1. The van der Waals surface area contributed by atoms with E-state index in [1.165, 1.54) is 17.7 Å². The Labute approximate surface area is 125 Å². The average Bonchev–Trinajstić information content (AvgIpc) is 2.75. The second-order valence-corrected chi connectivity index (χ2v) is 6.79. The van der Waals surface area contributed by atoms with Gasteiger partial charge in [-0.2, -0.15) is 0 Å². The van der Waals surface area contributed by atoms with Crippen molar-refractivity contribution in [3.63, 3.8) is 0 Å². The zero-order valence-corrected chi connectivity index (χ0v) is 12.8. The molecule has 1 fully saturated rings. The molecule has 2 N–H and O–H groups in total. The number of aromatic nitrogens is 2. The van der Waals surface area contributed by atoms with Crippen LogP contribution in [0.25, 0.3) is 10.2 Å². The topological polar surface area (TPSA) is 86.3 Å². The van der Waals surface area contributed by atoms with E-state index in [1.807, 2.05) is 0 Å². The number of hydrogen-bond donors (Lipinski definition) is 2. The number of aryl methyl sites for hydroxylation is 1. The van der Waals surface area contributed by atoms with Crippen molar-refractivity contribution in [2.75, 3.05) is 13.1 Å². The number of H-pyrrole nitrogens is 1. The fraction of sp³-hybridized carbons (Fsp3) is 0.500. The number of nitrogens with zero attached hydrogens (tertiary/aromatic N) is 2. The molecule has 1 saturated heterocycles. The van der Waals surface area contributed by atoms with E-state index in [-0.39, 0.29) is 11.5 Å². The molecule has 1 amide bonds. The minimum Gasteiger partial charge on any atom is -0.388 e. The van der Waals surface area contributed by atoms with E-state index in [9.17, 15) is 14.7 Å². The fourth-order valence-corrected chi connectivity index (χ4v) is 3.94. The van der Waals surface area contributed by atoms with Gasteiger partial charge in [0.25, 0.3) is 11.5 Å². The van der Waals surface area contributed by atoms with Gasteiger partial charge in [-0.25, -0.2) is 4.98 Å². The number of nitrogens with one attached hydrogen (secondary N) is 1. The van der Waals surface area contributed by atoms with Gasteiger partial charge in [0.1, 0.15) is 4.83 Å². The number of amides is 1. The number of fused-ring (bicyclic) bond motifs is 1. The van der Waals surface area contributed by atoms with Crippen molar-refractivity contribution in [3.05, 3.63) is 27.1 Å². The van der Waals surface area contributed by atoms with Crippen molar-refractivity contribution < 1.29 is 9.90 Å². The molecule has 0 aliphatic carbocycles. The van der Waals surface area contributed by atoms with Crippen LogP contribution in [0.1, 0.15) is 35.0 Å². The molecule has 1 aliphatic heterocycles. The summed E-state index contributed by atoms with van der Waals surface area (Å²) >= 11 is 1.24. The Morgan fingerprint density at radius 1 is 1.57 bits per heavy atom. The van der Waals surface area contributed by atoms with Crippen molar-refractivity contribution in [3.8, 4) is 0 Å². The van der Waals surface area contributed by atoms with Gasteiger partial charge in [0, 0.05) is 13.1 Å². The molecule has 0 spiro atoms. The van der Waals surface area contributed by atoms with Crippen LogP contribution < -0.4 is 5.56 Å². The number of thiophene rings is 1. The minimum atomic E-state index is -0.839. The van der Waals surface area contributed by atoms with Gasteiger partial charge in [-0.05, 0) is 32.3 Å². The summed E-state index contributed by atoms with van der Waals surface area (Å²) in [6.07, 6.45) is 2.82. The third-order valence-corrected chi connectivity index (χ3v) is 5.08. The highest BCUT2D eigenvalue weighted by molar-refractivity contribution is 7.20. The van der Waals surface area contributed by atoms with E-state index >= 15 is 0 Å². The lowest BCUT2D eigenvalue weighted by molar-refractivity contribution is -0.0106. The van der Waals surface area contributed by atoms with Gasteiger partial charge in [-0.1, -0.05) is 0 Å². The molecular weight excluding hydrogens is 290 g/mol. The lowest BCUT2D eigenvalue weighted by Gasteiger charge is -2.36. The number of carbonyl (C=O) groups is 1. The molecule has 112 valence electrons. The number of likely N-dealkylation sites (tertiary alicyclic amines) is 1. The predicted octanol–water partition coefficient (Wildman–Crippen LogP) is 1.28. The largest absolute Gasteiger partial charge is 0.388 e. The van der Waals surface area contributed by atoms with Crippen molar-refractivity contribution in [2.24, 2.45) is 0 Å². The first kappa shape index (κ1) is 14.2. The van der Waals surface area contributed by atoms with Crippen LogP contribution in [-0.2, 0) is 0 Å². The van der Waals surface area contributed by atoms with Gasteiger partial charge in [-0.3, -0.25) is 9.59 Å².